The summed E-state index contributed by atoms with van der Waals surface area (Å²) < 4.78 is 1.12. The average Bonchev–Trinajstić information content (AvgIpc) is 3.46. The van der Waals surface area contributed by atoms with Gasteiger partial charge in [0.05, 0.1) is 6.61 Å². The second kappa shape index (κ2) is 6.92. The Morgan fingerprint density at radius 1 is 1.28 bits per heavy atom. The second-order valence-electron chi connectivity index (χ2n) is 7.06. The Balaban J connectivity index is 1.63. The van der Waals surface area contributed by atoms with E-state index in [1.54, 1.807) is 0 Å². The number of hydrogen-bond acceptors (Lipinski definition) is 5. The quantitative estimate of drug-likeness (QED) is 0.801. The van der Waals surface area contributed by atoms with E-state index >= 15 is 0 Å². The first-order chi connectivity index (χ1) is 12.1. The van der Waals surface area contributed by atoms with Gasteiger partial charge in [0.1, 0.15) is 17.5 Å². The Labute approximate surface area is 156 Å². The van der Waals surface area contributed by atoms with Gasteiger partial charge >= 0.3 is 0 Å². The molecule has 132 valence electrons. The maximum atomic E-state index is 9.32. The number of rotatable bonds is 5. The van der Waals surface area contributed by atoms with E-state index in [2.05, 4.69) is 49.3 Å². The number of aliphatic hydroxyl groups is 1. The monoisotopic (exact) mass is 402 g/mol. The van der Waals surface area contributed by atoms with Crippen molar-refractivity contribution in [3.8, 4) is 0 Å². The van der Waals surface area contributed by atoms with Gasteiger partial charge in [-0.25, -0.2) is 9.97 Å². The highest BCUT2D eigenvalue weighted by molar-refractivity contribution is 9.10. The smallest absolute Gasteiger partial charge is 0.136 e. The summed E-state index contributed by atoms with van der Waals surface area (Å²) in [5.41, 5.74) is 2.77. The van der Waals surface area contributed by atoms with E-state index in [0.717, 1.165) is 41.4 Å². The van der Waals surface area contributed by atoms with Crippen molar-refractivity contribution in [2.75, 3.05) is 23.4 Å². The summed E-state index contributed by atoms with van der Waals surface area (Å²) in [6.07, 6.45) is 3.38. The summed E-state index contributed by atoms with van der Waals surface area (Å²) in [5, 5.41) is 12.6. The number of hydrogen-bond donors (Lipinski definition) is 2. The molecule has 2 aliphatic rings. The van der Waals surface area contributed by atoms with E-state index in [-0.39, 0.29) is 12.6 Å². The van der Waals surface area contributed by atoms with E-state index in [9.17, 15) is 5.11 Å². The van der Waals surface area contributed by atoms with Crippen LogP contribution in [0.1, 0.15) is 42.6 Å². The molecule has 0 amide bonds. The Kier molecular flexibility index (Phi) is 4.65. The normalized spacial score (nSPS) is 18.0. The molecule has 1 aromatic heterocycles. The molecule has 2 N–H and O–H groups in total. The molecule has 1 fully saturated rings. The van der Waals surface area contributed by atoms with Gasteiger partial charge < -0.3 is 15.3 Å². The molecule has 0 unspecified atom stereocenters. The minimum atomic E-state index is -0.0205. The van der Waals surface area contributed by atoms with Crippen LogP contribution in [0.5, 0.6) is 0 Å². The summed E-state index contributed by atoms with van der Waals surface area (Å²) in [6, 6.07) is 8.52. The van der Waals surface area contributed by atoms with Crippen LogP contribution in [0.15, 0.2) is 28.7 Å². The highest BCUT2D eigenvalue weighted by atomic mass is 79.9. The molecule has 4 rings (SSSR count). The lowest BCUT2D eigenvalue weighted by Gasteiger charge is -2.30. The highest BCUT2D eigenvalue weighted by Crippen LogP contribution is 2.39. The van der Waals surface area contributed by atoms with Crippen LogP contribution in [0, 0.1) is 0 Å². The van der Waals surface area contributed by atoms with Crippen LogP contribution in [0.2, 0.25) is 0 Å². The lowest BCUT2D eigenvalue weighted by molar-refractivity contribution is 0.281. The third-order valence-electron chi connectivity index (χ3n) is 4.85. The van der Waals surface area contributed by atoms with Crippen molar-refractivity contribution in [3.05, 3.63) is 45.7 Å². The van der Waals surface area contributed by atoms with Crippen molar-refractivity contribution in [2.45, 2.75) is 44.7 Å². The molecule has 1 aliphatic heterocycles. The molecule has 0 radical (unpaired) electrons. The standard InChI is InChI=1S/C19H23BrN4O/c1-12(11-25)21-17-9-18(23-19(22-17)14-2-3-14)24-7-6-13-4-5-16(20)8-15(13)10-24/h4-5,8-9,12,14,25H,2-3,6-7,10-11H2,1H3,(H,21,22,23)/t12-/m1/s1. The molecular weight excluding hydrogens is 380 g/mol. The fourth-order valence-corrected chi connectivity index (χ4v) is 3.64. The number of aliphatic hydroxyl groups excluding tert-OH is 1. The van der Waals surface area contributed by atoms with Crippen molar-refractivity contribution in [3.63, 3.8) is 0 Å². The molecule has 0 saturated heterocycles. The summed E-state index contributed by atoms with van der Waals surface area (Å²) in [5.74, 6) is 3.23. The van der Waals surface area contributed by atoms with E-state index < -0.39 is 0 Å². The van der Waals surface area contributed by atoms with Gasteiger partial charge in [0, 0.05) is 35.6 Å². The maximum absolute atomic E-state index is 9.32. The number of nitrogens with zero attached hydrogens (tertiary/aromatic N) is 3. The largest absolute Gasteiger partial charge is 0.394 e. The van der Waals surface area contributed by atoms with Gasteiger partial charge in [-0.3, -0.25) is 0 Å². The highest BCUT2D eigenvalue weighted by Gasteiger charge is 2.28. The van der Waals surface area contributed by atoms with Crippen molar-refractivity contribution >= 4 is 27.6 Å². The average molecular weight is 403 g/mol. The Hall–Kier alpha value is -1.66. The summed E-state index contributed by atoms with van der Waals surface area (Å²) in [6.45, 7) is 3.87. The zero-order valence-corrected chi connectivity index (χ0v) is 16.0. The predicted molar refractivity (Wildman–Crippen MR) is 103 cm³/mol. The van der Waals surface area contributed by atoms with Crippen molar-refractivity contribution in [2.24, 2.45) is 0 Å². The number of halogens is 1. The van der Waals surface area contributed by atoms with E-state index in [1.807, 2.05) is 13.0 Å². The number of aromatic nitrogens is 2. The Morgan fingerprint density at radius 3 is 2.88 bits per heavy atom. The first-order valence-electron chi connectivity index (χ1n) is 8.91. The van der Waals surface area contributed by atoms with Crippen LogP contribution >= 0.6 is 15.9 Å². The summed E-state index contributed by atoms with van der Waals surface area (Å²) >= 11 is 3.57. The van der Waals surface area contributed by atoms with Crippen LogP contribution in [0.25, 0.3) is 0 Å². The molecule has 5 nitrogen and oxygen atoms in total. The number of nitrogens with one attached hydrogen (secondary N) is 1. The minimum Gasteiger partial charge on any atom is -0.394 e. The molecule has 2 heterocycles. The van der Waals surface area contributed by atoms with Gasteiger partial charge in [-0.2, -0.15) is 0 Å². The Morgan fingerprint density at radius 2 is 2.12 bits per heavy atom. The van der Waals surface area contributed by atoms with Gasteiger partial charge in [-0.1, -0.05) is 22.0 Å². The predicted octanol–water partition coefficient (Wildman–Crippen LogP) is 3.47. The second-order valence-corrected chi connectivity index (χ2v) is 7.97. The van der Waals surface area contributed by atoms with Gasteiger partial charge in [-0.05, 0) is 49.4 Å². The third-order valence-corrected chi connectivity index (χ3v) is 5.34. The number of anilines is 2. The first-order valence-corrected chi connectivity index (χ1v) is 9.70. The Bertz CT molecular complexity index is 778. The van der Waals surface area contributed by atoms with Gasteiger partial charge in [-0.15, -0.1) is 0 Å². The number of benzene rings is 1. The van der Waals surface area contributed by atoms with Gasteiger partial charge in [0.15, 0.2) is 0 Å². The SMILES string of the molecule is C[C@H](CO)Nc1cc(N2CCc3ccc(Br)cc3C2)nc(C2CC2)n1. The minimum absolute atomic E-state index is 0.0205. The molecule has 0 bridgehead atoms. The van der Waals surface area contributed by atoms with E-state index in [1.165, 1.54) is 24.0 Å². The number of fused-ring (bicyclic) bond motifs is 1. The first kappa shape index (κ1) is 16.8. The summed E-state index contributed by atoms with van der Waals surface area (Å²) in [4.78, 5) is 11.8. The zero-order chi connectivity index (χ0) is 17.4. The maximum Gasteiger partial charge on any atom is 0.136 e. The van der Waals surface area contributed by atoms with Gasteiger partial charge in [0.25, 0.3) is 0 Å². The van der Waals surface area contributed by atoms with Crippen LogP contribution in [-0.2, 0) is 13.0 Å². The lowest BCUT2D eigenvalue weighted by Crippen LogP contribution is -2.31. The van der Waals surface area contributed by atoms with Crippen molar-refractivity contribution in [1.82, 2.24) is 9.97 Å². The van der Waals surface area contributed by atoms with E-state index in [4.69, 9.17) is 4.98 Å². The van der Waals surface area contributed by atoms with Crippen molar-refractivity contribution < 1.29 is 5.11 Å². The molecule has 1 aliphatic carbocycles. The van der Waals surface area contributed by atoms with Crippen molar-refractivity contribution in [1.29, 1.82) is 0 Å². The lowest BCUT2D eigenvalue weighted by atomic mass is 10.00. The van der Waals surface area contributed by atoms with Gasteiger partial charge in [0.2, 0.25) is 0 Å². The molecule has 1 atom stereocenters. The summed E-state index contributed by atoms with van der Waals surface area (Å²) in [7, 11) is 0. The molecule has 25 heavy (non-hydrogen) atoms. The fourth-order valence-electron chi connectivity index (χ4n) is 3.23. The van der Waals surface area contributed by atoms with E-state index in [0.29, 0.717) is 5.92 Å². The van der Waals surface area contributed by atoms with Crippen LogP contribution in [0.4, 0.5) is 11.6 Å². The molecule has 1 aromatic carbocycles. The molecule has 1 saturated carbocycles. The van der Waals surface area contributed by atoms with Crippen LogP contribution in [-0.4, -0.2) is 34.3 Å². The zero-order valence-electron chi connectivity index (χ0n) is 14.4. The molecule has 6 heteroatoms. The van der Waals surface area contributed by atoms with Crippen LogP contribution in [0.3, 0.4) is 0 Å². The molecule has 2 aromatic rings. The molecule has 0 spiro atoms. The molecular formula is C19H23BrN4O. The topological polar surface area (TPSA) is 61.3 Å². The fraction of sp³-hybridized carbons (Fsp3) is 0.474. The third kappa shape index (κ3) is 3.80. The van der Waals surface area contributed by atoms with Crippen LogP contribution < -0.4 is 10.2 Å².